The number of aliphatic hydroxyl groups is 1. The van der Waals surface area contributed by atoms with E-state index >= 15 is 0 Å². The summed E-state index contributed by atoms with van der Waals surface area (Å²) >= 11 is 0. The number of Topliss-reactive ketones (excluding diaryl/α,β-unsaturated/α-hetero) is 1. The third-order valence-electron chi connectivity index (χ3n) is 11.5. The molecule has 7 nitrogen and oxygen atoms in total. The number of benzene rings is 1. The van der Waals surface area contributed by atoms with Crippen molar-refractivity contribution in [1.29, 1.82) is 0 Å². The topological polar surface area (TPSA) is 86.5 Å². The van der Waals surface area contributed by atoms with Gasteiger partial charge in [-0.25, -0.2) is 4.68 Å². The van der Waals surface area contributed by atoms with Crippen molar-refractivity contribution in [2.24, 2.45) is 40.4 Å². The van der Waals surface area contributed by atoms with Crippen molar-refractivity contribution >= 4 is 16.8 Å². The van der Waals surface area contributed by atoms with Crippen molar-refractivity contribution < 1.29 is 32.5 Å². The number of ketones is 1. The molecule has 0 amide bonds. The fraction of sp³-hybridized carbons (Fsp3) is 0.767. The van der Waals surface area contributed by atoms with Gasteiger partial charge in [0.05, 0.1) is 17.7 Å². The lowest BCUT2D eigenvalue weighted by Crippen LogP contribution is -2.58. The maximum absolute atomic E-state index is 13.8. The van der Waals surface area contributed by atoms with E-state index < -0.39 is 17.7 Å². The molecule has 1 unspecified atom stereocenters. The number of nitrogens with zero attached hydrogens (tertiary/aromatic N) is 3. The molecule has 1 heterocycles. The van der Waals surface area contributed by atoms with E-state index in [2.05, 4.69) is 22.0 Å². The zero-order valence-corrected chi connectivity index (χ0v) is 23.5. The largest absolute Gasteiger partial charge is 0.573 e. The van der Waals surface area contributed by atoms with E-state index in [4.69, 9.17) is 4.74 Å². The van der Waals surface area contributed by atoms with Crippen LogP contribution in [0.25, 0.3) is 11.0 Å². The number of hydrogen-bond acceptors (Lipinski definition) is 6. The summed E-state index contributed by atoms with van der Waals surface area (Å²) in [6, 6.07) is 4.28. The number of rotatable bonds is 6. The fourth-order valence-corrected chi connectivity index (χ4v) is 9.86. The lowest BCUT2D eigenvalue weighted by atomic mass is 9.43. The molecule has 1 N–H and O–H groups in total. The van der Waals surface area contributed by atoms with Gasteiger partial charge in [-0.15, -0.1) is 18.3 Å². The van der Waals surface area contributed by atoms with Crippen LogP contribution >= 0.6 is 0 Å². The summed E-state index contributed by atoms with van der Waals surface area (Å²) in [7, 11) is 1.80. The van der Waals surface area contributed by atoms with Crippen LogP contribution in [0.4, 0.5) is 13.2 Å². The van der Waals surface area contributed by atoms with E-state index in [-0.39, 0.29) is 34.6 Å². The summed E-state index contributed by atoms with van der Waals surface area (Å²) in [6.45, 7) is 4.99. The molecule has 2 aromatic rings. The van der Waals surface area contributed by atoms with Crippen molar-refractivity contribution in [1.82, 2.24) is 15.0 Å². The van der Waals surface area contributed by atoms with Gasteiger partial charge in [0.2, 0.25) is 0 Å². The number of carbonyl (C=O) groups is 1. The molecular formula is C30H40F3N3O4. The first-order valence-corrected chi connectivity index (χ1v) is 14.7. The second-order valence-corrected chi connectivity index (χ2v) is 13.6. The van der Waals surface area contributed by atoms with Crippen LogP contribution in [-0.2, 0) is 16.1 Å². The average Bonchev–Trinajstić information content (AvgIpc) is 3.44. The van der Waals surface area contributed by atoms with Crippen LogP contribution in [0.1, 0.15) is 71.6 Å². The quantitative estimate of drug-likeness (QED) is 0.469. The number of halogens is 3. The fourth-order valence-electron chi connectivity index (χ4n) is 9.86. The van der Waals surface area contributed by atoms with Crippen LogP contribution in [0.15, 0.2) is 18.2 Å². The maximum atomic E-state index is 13.8. The Kier molecular flexibility index (Phi) is 6.76. The van der Waals surface area contributed by atoms with E-state index in [0.717, 1.165) is 64.4 Å². The average molecular weight is 564 g/mol. The Bertz CT molecular complexity index is 1280. The van der Waals surface area contributed by atoms with Gasteiger partial charge in [-0.2, -0.15) is 0 Å². The SMILES string of the molecule is COCC12CC[C@@](C)(O)C[C@@H]1CC[C@@H]1[C@@H]2CC[C@]2(C)[C@@H](C(=O)Cn3nnc4c(OC(F)(F)F)cccc43)CC[C@@H]12. The van der Waals surface area contributed by atoms with Gasteiger partial charge in [-0.3, -0.25) is 4.79 Å². The van der Waals surface area contributed by atoms with E-state index in [1.54, 1.807) is 13.2 Å². The minimum Gasteiger partial charge on any atom is -0.403 e. The highest BCUT2D eigenvalue weighted by Crippen LogP contribution is 2.68. The molecule has 40 heavy (non-hydrogen) atoms. The van der Waals surface area contributed by atoms with Crippen LogP contribution in [0.3, 0.4) is 0 Å². The number of carbonyl (C=O) groups excluding carboxylic acids is 1. The second kappa shape index (κ2) is 9.68. The lowest BCUT2D eigenvalue weighted by Gasteiger charge is -2.62. The number of hydrogen-bond donors (Lipinski definition) is 1. The molecule has 0 aliphatic heterocycles. The molecule has 0 radical (unpaired) electrons. The molecule has 1 aromatic heterocycles. The molecule has 0 bridgehead atoms. The zero-order valence-electron chi connectivity index (χ0n) is 23.5. The molecule has 10 heteroatoms. The summed E-state index contributed by atoms with van der Waals surface area (Å²) in [5.41, 5.74) is -0.269. The zero-order chi connectivity index (χ0) is 28.5. The Morgan fingerprint density at radius 3 is 2.65 bits per heavy atom. The molecule has 1 aromatic carbocycles. The Morgan fingerprint density at radius 2 is 1.90 bits per heavy atom. The van der Waals surface area contributed by atoms with Gasteiger partial charge < -0.3 is 14.6 Å². The summed E-state index contributed by atoms with van der Waals surface area (Å²) < 4.78 is 50.0. The predicted octanol–water partition coefficient (Wildman–Crippen LogP) is 5.94. The second-order valence-electron chi connectivity index (χ2n) is 13.6. The van der Waals surface area contributed by atoms with Gasteiger partial charge in [0, 0.05) is 13.0 Å². The standard InChI is InChI=1S/C30H40F3N3O4/c1-27(38)13-14-29(17-39-3)18(15-27)7-8-19-20-9-10-22(28(20,2)12-11-21(19)29)24(37)16-36-23-5-4-6-25(26(23)34-35-36)40-30(31,32)33/h4-6,18-22,38H,7-17H2,1-3H3/t18-,19-,20-,21-,22+,27+,28-,29?/m0/s1. The molecule has 0 spiro atoms. The first kappa shape index (κ1) is 27.9. The van der Waals surface area contributed by atoms with E-state index in [9.17, 15) is 23.1 Å². The number of fused-ring (bicyclic) bond motifs is 6. The predicted molar refractivity (Wildman–Crippen MR) is 141 cm³/mol. The van der Waals surface area contributed by atoms with Crippen molar-refractivity contribution in [2.75, 3.05) is 13.7 Å². The Hall–Kier alpha value is -2.20. The van der Waals surface area contributed by atoms with Gasteiger partial charge >= 0.3 is 6.36 Å². The van der Waals surface area contributed by atoms with Crippen molar-refractivity contribution in [3.8, 4) is 5.75 Å². The van der Waals surface area contributed by atoms with Crippen LogP contribution in [0, 0.1) is 40.4 Å². The van der Waals surface area contributed by atoms with Crippen molar-refractivity contribution in [3.05, 3.63) is 18.2 Å². The number of methoxy groups -OCH3 is 1. The summed E-state index contributed by atoms with van der Waals surface area (Å²) in [6.07, 6.45) is 3.91. The molecule has 4 fully saturated rings. The van der Waals surface area contributed by atoms with Gasteiger partial charge in [0.25, 0.3) is 0 Å². The minimum atomic E-state index is -4.84. The third-order valence-corrected chi connectivity index (χ3v) is 11.5. The van der Waals surface area contributed by atoms with Crippen molar-refractivity contribution in [3.63, 3.8) is 0 Å². The number of ether oxygens (including phenoxy) is 2. The molecule has 220 valence electrons. The molecule has 4 aliphatic carbocycles. The molecular weight excluding hydrogens is 523 g/mol. The molecule has 4 saturated carbocycles. The molecule has 6 rings (SSSR count). The van der Waals surface area contributed by atoms with E-state index in [0.29, 0.717) is 29.2 Å². The maximum Gasteiger partial charge on any atom is 0.573 e. The third kappa shape index (κ3) is 4.53. The lowest BCUT2D eigenvalue weighted by molar-refractivity contribution is -0.274. The normalized spacial score (nSPS) is 39.4. The molecule has 0 saturated heterocycles. The summed E-state index contributed by atoms with van der Waals surface area (Å²) in [4.78, 5) is 13.8. The molecule has 4 aliphatic rings. The number of alkyl halides is 3. The van der Waals surface area contributed by atoms with E-state index in [1.165, 1.54) is 16.8 Å². The van der Waals surface area contributed by atoms with Crippen LogP contribution in [0.2, 0.25) is 0 Å². The van der Waals surface area contributed by atoms with Gasteiger partial charge in [-0.05, 0) is 111 Å². The van der Waals surface area contributed by atoms with Gasteiger partial charge in [-0.1, -0.05) is 18.2 Å². The highest BCUT2D eigenvalue weighted by Gasteiger charge is 2.63. The molecule has 8 atom stereocenters. The summed E-state index contributed by atoms with van der Waals surface area (Å²) in [5, 5.41) is 18.8. The highest BCUT2D eigenvalue weighted by molar-refractivity contribution is 5.85. The van der Waals surface area contributed by atoms with E-state index in [1.807, 2.05) is 6.92 Å². The first-order chi connectivity index (χ1) is 18.9. The van der Waals surface area contributed by atoms with Crippen molar-refractivity contribution in [2.45, 2.75) is 90.1 Å². The van der Waals surface area contributed by atoms with Crippen LogP contribution < -0.4 is 4.74 Å². The smallest absolute Gasteiger partial charge is 0.403 e. The van der Waals surface area contributed by atoms with Crippen LogP contribution in [-0.4, -0.2) is 51.6 Å². The van der Waals surface area contributed by atoms with Crippen LogP contribution in [0.5, 0.6) is 5.75 Å². The monoisotopic (exact) mass is 563 g/mol. The Balaban J connectivity index is 1.22. The Morgan fingerprint density at radius 1 is 1.10 bits per heavy atom. The summed E-state index contributed by atoms with van der Waals surface area (Å²) in [5.74, 6) is 1.55. The van der Waals surface area contributed by atoms with Gasteiger partial charge in [0.15, 0.2) is 17.0 Å². The highest BCUT2D eigenvalue weighted by atomic mass is 19.4. The first-order valence-electron chi connectivity index (χ1n) is 14.7. The number of aromatic nitrogens is 3. The van der Waals surface area contributed by atoms with Gasteiger partial charge in [0.1, 0.15) is 6.54 Å². The minimum absolute atomic E-state index is 0.00435. The Labute approximate surface area is 232 Å².